The number of rotatable bonds is 4. The molecule has 1 saturated carbocycles. The van der Waals surface area contributed by atoms with Gasteiger partial charge in [0.2, 0.25) is 10.0 Å². The SMILES string of the molecule is N#Cc1ccc(S(=O)(=O)NCC2CCCC2O)cc1C(F)(F)F. The number of sulfonamides is 1. The minimum absolute atomic E-state index is 0.0369. The highest BCUT2D eigenvalue weighted by Gasteiger charge is 2.35. The predicted molar refractivity (Wildman–Crippen MR) is 74.7 cm³/mol. The Bertz CT molecular complexity index is 726. The lowest BCUT2D eigenvalue weighted by Crippen LogP contribution is -2.32. The van der Waals surface area contributed by atoms with Crippen LogP contribution >= 0.6 is 0 Å². The molecule has 0 aromatic heterocycles. The zero-order valence-electron chi connectivity index (χ0n) is 12.0. The van der Waals surface area contributed by atoms with E-state index < -0.39 is 38.3 Å². The van der Waals surface area contributed by atoms with Gasteiger partial charge in [-0.1, -0.05) is 6.42 Å². The van der Waals surface area contributed by atoms with Crippen molar-refractivity contribution in [3.63, 3.8) is 0 Å². The first-order valence-corrected chi connectivity index (χ1v) is 8.42. The third-order valence-corrected chi connectivity index (χ3v) is 5.30. The number of nitrogens with one attached hydrogen (secondary N) is 1. The maximum absolute atomic E-state index is 12.9. The Morgan fingerprint density at radius 3 is 2.57 bits per heavy atom. The minimum Gasteiger partial charge on any atom is -0.393 e. The Labute approximate surface area is 131 Å². The molecule has 1 aromatic rings. The number of halogens is 3. The van der Waals surface area contributed by atoms with E-state index in [1.54, 1.807) is 0 Å². The largest absolute Gasteiger partial charge is 0.417 e. The molecule has 0 saturated heterocycles. The van der Waals surface area contributed by atoms with Crippen molar-refractivity contribution < 1.29 is 26.7 Å². The standard InChI is InChI=1S/C14H15F3N2O3S/c15-14(16,17)12-6-11(5-4-9(12)7-18)23(21,22)19-8-10-2-1-3-13(10)20/h4-6,10,13,19-20H,1-3,8H2. The molecule has 126 valence electrons. The summed E-state index contributed by atoms with van der Waals surface area (Å²) in [6, 6.07) is 3.64. The average molecular weight is 348 g/mol. The fourth-order valence-corrected chi connectivity index (χ4v) is 3.70. The molecule has 2 unspecified atom stereocenters. The lowest BCUT2D eigenvalue weighted by Gasteiger charge is -2.16. The summed E-state index contributed by atoms with van der Waals surface area (Å²) in [7, 11) is -4.15. The van der Waals surface area contributed by atoms with E-state index >= 15 is 0 Å². The molecule has 1 aliphatic carbocycles. The van der Waals surface area contributed by atoms with E-state index in [1.807, 2.05) is 0 Å². The smallest absolute Gasteiger partial charge is 0.393 e. The van der Waals surface area contributed by atoms with Crippen LogP contribution < -0.4 is 4.72 Å². The van der Waals surface area contributed by atoms with Crippen LogP contribution in [0.25, 0.3) is 0 Å². The molecule has 2 N–H and O–H groups in total. The van der Waals surface area contributed by atoms with Gasteiger partial charge in [-0.25, -0.2) is 13.1 Å². The van der Waals surface area contributed by atoms with Crippen LogP contribution in [0.5, 0.6) is 0 Å². The summed E-state index contributed by atoms with van der Waals surface area (Å²) in [5.74, 6) is -0.245. The molecular formula is C14H15F3N2O3S. The topological polar surface area (TPSA) is 90.2 Å². The fourth-order valence-electron chi connectivity index (χ4n) is 2.58. The Morgan fingerprint density at radius 1 is 1.35 bits per heavy atom. The third-order valence-electron chi connectivity index (χ3n) is 3.88. The van der Waals surface area contributed by atoms with E-state index in [-0.39, 0.29) is 12.5 Å². The van der Waals surface area contributed by atoms with E-state index in [9.17, 15) is 26.7 Å². The molecule has 0 amide bonds. The van der Waals surface area contributed by atoms with Gasteiger partial charge in [-0.2, -0.15) is 18.4 Å². The molecule has 9 heteroatoms. The number of hydrogen-bond donors (Lipinski definition) is 2. The summed E-state index contributed by atoms with van der Waals surface area (Å²) in [5, 5.41) is 18.4. The fraction of sp³-hybridized carbons (Fsp3) is 0.500. The molecule has 0 heterocycles. The first kappa shape index (κ1) is 17.7. The van der Waals surface area contributed by atoms with Crippen LogP contribution in [0.1, 0.15) is 30.4 Å². The molecule has 23 heavy (non-hydrogen) atoms. The molecule has 0 bridgehead atoms. The van der Waals surface area contributed by atoms with E-state index in [0.29, 0.717) is 18.9 Å². The number of nitrogens with zero attached hydrogens (tertiary/aromatic N) is 1. The second-order valence-electron chi connectivity index (χ2n) is 5.43. The first-order chi connectivity index (χ1) is 10.6. The number of nitriles is 1. The Kier molecular flexibility index (Phi) is 4.98. The lowest BCUT2D eigenvalue weighted by molar-refractivity contribution is -0.137. The second kappa shape index (κ2) is 6.47. The molecule has 5 nitrogen and oxygen atoms in total. The van der Waals surface area contributed by atoms with Gasteiger partial charge < -0.3 is 5.11 Å². The summed E-state index contributed by atoms with van der Waals surface area (Å²) in [4.78, 5) is -0.559. The monoisotopic (exact) mass is 348 g/mol. The van der Waals surface area contributed by atoms with Crippen molar-refractivity contribution in [1.82, 2.24) is 4.72 Å². The van der Waals surface area contributed by atoms with Crippen LogP contribution in [0.2, 0.25) is 0 Å². The van der Waals surface area contributed by atoms with E-state index in [0.717, 1.165) is 18.6 Å². The van der Waals surface area contributed by atoms with Gasteiger partial charge in [-0.05, 0) is 37.0 Å². The van der Waals surface area contributed by atoms with Crippen molar-refractivity contribution >= 4 is 10.0 Å². The summed E-state index contributed by atoms with van der Waals surface area (Å²) < 4.78 is 65.1. The molecular weight excluding hydrogens is 333 g/mol. The lowest BCUT2D eigenvalue weighted by atomic mass is 10.1. The quantitative estimate of drug-likeness (QED) is 0.871. The summed E-state index contributed by atoms with van der Waals surface area (Å²) in [6.07, 6.45) is -3.41. The van der Waals surface area contributed by atoms with Crippen LogP contribution in [0, 0.1) is 17.2 Å². The highest BCUT2D eigenvalue weighted by Crippen LogP contribution is 2.33. The number of alkyl halides is 3. The van der Waals surface area contributed by atoms with Gasteiger partial charge in [0.1, 0.15) is 0 Å². The van der Waals surface area contributed by atoms with E-state index in [1.165, 1.54) is 6.07 Å². The molecule has 0 aliphatic heterocycles. The van der Waals surface area contributed by atoms with Crippen LogP contribution in [0.4, 0.5) is 13.2 Å². The molecule has 2 atom stereocenters. The molecule has 1 aliphatic rings. The van der Waals surface area contributed by atoms with Gasteiger partial charge in [0.05, 0.1) is 28.2 Å². The maximum atomic E-state index is 12.9. The highest BCUT2D eigenvalue weighted by atomic mass is 32.2. The Morgan fingerprint density at radius 2 is 2.04 bits per heavy atom. The highest BCUT2D eigenvalue weighted by molar-refractivity contribution is 7.89. The Hall–Kier alpha value is -1.63. The van der Waals surface area contributed by atoms with Crippen LogP contribution in [0.3, 0.4) is 0 Å². The van der Waals surface area contributed by atoms with Crippen molar-refractivity contribution in [2.75, 3.05) is 6.54 Å². The summed E-state index contributed by atoms with van der Waals surface area (Å²) in [6.45, 7) is -0.0369. The van der Waals surface area contributed by atoms with Gasteiger partial charge >= 0.3 is 6.18 Å². The molecule has 1 aromatic carbocycles. The van der Waals surface area contributed by atoms with Crippen molar-refractivity contribution in [2.24, 2.45) is 5.92 Å². The van der Waals surface area contributed by atoms with Crippen molar-refractivity contribution in [1.29, 1.82) is 5.26 Å². The van der Waals surface area contributed by atoms with E-state index in [4.69, 9.17) is 5.26 Å². The Balaban J connectivity index is 2.24. The van der Waals surface area contributed by atoms with Crippen LogP contribution in [-0.4, -0.2) is 26.2 Å². The zero-order chi connectivity index (χ0) is 17.3. The summed E-state index contributed by atoms with van der Waals surface area (Å²) >= 11 is 0. The number of aliphatic hydroxyl groups is 1. The molecule has 1 fully saturated rings. The second-order valence-corrected chi connectivity index (χ2v) is 7.19. The molecule has 2 rings (SSSR count). The van der Waals surface area contributed by atoms with Gasteiger partial charge in [-0.3, -0.25) is 0 Å². The number of hydrogen-bond acceptors (Lipinski definition) is 4. The number of aliphatic hydroxyl groups excluding tert-OH is 1. The van der Waals surface area contributed by atoms with Crippen LogP contribution in [-0.2, 0) is 16.2 Å². The van der Waals surface area contributed by atoms with Crippen molar-refractivity contribution in [2.45, 2.75) is 36.4 Å². The minimum atomic E-state index is -4.82. The van der Waals surface area contributed by atoms with Gasteiger partial charge in [-0.15, -0.1) is 0 Å². The summed E-state index contributed by atoms with van der Waals surface area (Å²) in [5.41, 5.74) is -1.92. The number of benzene rings is 1. The van der Waals surface area contributed by atoms with Crippen LogP contribution in [0.15, 0.2) is 23.1 Å². The van der Waals surface area contributed by atoms with Gasteiger partial charge in [0.15, 0.2) is 0 Å². The van der Waals surface area contributed by atoms with Gasteiger partial charge in [0, 0.05) is 6.54 Å². The average Bonchev–Trinajstić information content (AvgIpc) is 2.89. The first-order valence-electron chi connectivity index (χ1n) is 6.94. The molecule has 0 spiro atoms. The van der Waals surface area contributed by atoms with E-state index in [2.05, 4.69) is 4.72 Å². The third kappa shape index (κ3) is 4.02. The van der Waals surface area contributed by atoms with Gasteiger partial charge in [0.25, 0.3) is 0 Å². The zero-order valence-corrected chi connectivity index (χ0v) is 12.8. The van der Waals surface area contributed by atoms with Crippen molar-refractivity contribution in [3.05, 3.63) is 29.3 Å². The maximum Gasteiger partial charge on any atom is 0.417 e. The molecule has 0 radical (unpaired) electrons. The predicted octanol–water partition coefficient (Wildman–Crippen LogP) is 2.02. The van der Waals surface area contributed by atoms with Crippen molar-refractivity contribution in [3.8, 4) is 6.07 Å². The normalized spacial score (nSPS) is 22.0.